The van der Waals surface area contributed by atoms with Crippen LogP contribution in [0, 0.1) is 10.1 Å². The number of nitro benzene ring substituents is 1. The van der Waals surface area contributed by atoms with Crippen molar-refractivity contribution in [1.82, 2.24) is 4.90 Å². The fraction of sp³-hybridized carbons (Fsp3) is 0.400. The summed E-state index contributed by atoms with van der Waals surface area (Å²) in [5.41, 5.74) is 3.38. The zero-order chi connectivity index (χ0) is 18.4. The quantitative estimate of drug-likeness (QED) is 0.499. The lowest BCUT2D eigenvalue weighted by atomic mass is 9.71. The third kappa shape index (κ3) is 2.44. The third-order valence-corrected chi connectivity index (χ3v) is 5.73. The van der Waals surface area contributed by atoms with Crippen LogP contribution in [0.5, 0.6) is 11.5 Å². The average molecular weight is 354 g/mol. The van der Waals surface area contributed by atoms with Gasteiger partial charge in [0.1, 0.15) is 0 Å². The van der Waals surface area contributed by atoms with E-state index in [4.69, 9.17) is 0 Å². The van der Waals surface area contributed by atoms with E-state index >= 15 is 0 Å². The zero-order valence-corrected chi connectivity index (χ0v) is 14.7. The van der Waals surface area contributed by atoms with Gasteiger partial charge in [0.15, 0.2) is 5.75 Å². The summed E-state index contributed by atoms with van der Waals surface area (Å²) in [5.74, 6) is -1.07. The Labute approximate surface area is 151 Å². The van der Waals surface area contributed by atoms with Crippen LogP contribution >= 0.6 is 0 Å². The van der Waals surface area contributed by atoms with Gasteiger partial charge in [-0.1, -0.05) is 31.2 Å². The largest absolute Gasteiger partial charge is 0.504 e. The molecule has 1 aliphatic heterocycles. The summed E-state index contributed by atoms with van der Waals surface area (Å²) in [4.78, 5) is 13.4. The minimum absolute atomic E-state index is 0.0274. The fourth-order valence-electron chi connectivity index (χ4n) is 4.72. The van der Waals surface area contributed by atoms with Crippen molar-refractivity contribution >= 4 is 5.69 Å². The van der Waals surface area contributed by atoms with Crippen LogP contribution in [0.15, 0.2) is 30.3 Å². The molecule has 0 unspecified atom stereocenters. The highest BCUT2D eigenvalue weighted by atomic mass is 16.6. The molecule has 2 atom stereocenters. The van der Waals surface area contributed by atoms with Crippen molar-refractivity contribution < 1.29 is 15.1 Å². The van der Waals surface area contributed by atoms with E-state index in [9.17, 15) is 20.3 Å². The summed E-state index contributed by atoms with van der Waals surface area (Å²) in [6.07, 6.45) is 2.37. The molecule has 0 radical (unpaired) electrons. The molecule has 0 fully saturated rings. The van der Waals surface area contributed by atoms with Gasteiger partial charge in [-0.25, -0.2) is 0 Å². The lowest BCUT2D eigenvalue weighted by molar-refractivity contribution is -0.386. The van der Waals surface area contributed by atoms with Crippen molar-refractivity contribution in [1.29, 1.82) is 0 Å². The molecule has 0 spiro atoms. The van der Waals surface area contributed by atoms with Crippen molar-refractivity contribution in [2.75, 3.05) is 6.54 Å². The van der Waals surface area contributed by atoms with Gasteiger partial charge in [-0.05, 0) is 48.6 Å². The maximum atomic E-state index is 11.5. The van der Waals surface area contributed by atoms with Gasteiger partial charge in [0.2, 0.25) is 5.75 Å². The molecule has 0 amide bonds. The third-order valence-electron chi connectivity index (χ3n) is 5.73. The first-order chi connectivity index (χ1) is 12.5. The number of hydrogen-bond acceptors (Lipinski definition) is 5. The number of fused-ring (bicyclic) bond motifs is 5. The van der Waals surface area contributed by atoms with Crippen LogP contribution in [0.3, 0.4) is 0 Å². The molecule has 6 nitrogen and oxygen atoms in total. The van der Waals surface area contributed by atoms with E-state index in [1.54, 1.807) is 0 Å². The standard InChI is InChI=1S/C20H22N2O4/c1-2-9-21-11-12-5-3-4-6-13(12)18-15-10-17(23)20(24)19(22(25)26)14(15)7-8-16(18)21/h3-6,10,16,18,23-24H,2,7-9,11H2,1H3/t16-,18-/m0/s1. The van der Waals surface area contributed by atoms with Gasteiger partial charge in [0.05, 0.1) is 4.92 Å². The molecule has 0 saturated carbocycles. The van der Waals surface area contributed by atoms with Gasteiger partial charge in [0, 0.05) is 24.1 Å². The number of rotatable bonds is 3. The maximum absolute atomic E-state index is 11.5. The van der Waals surface area contributed by atoms with Gasteiger partial charge in [-0.15, -0.1) is 0 Å². The molecule has 0 saturated heterocycles. The molecular weight excluding hydrogens is 332 g/mol. The number of phenolic OH excluding ortho intramolecular Hbond substituents is 2. The van der Waals surface area contributed by atoms with E-state index in [-0.39, 0.29) is 17.6 Å². The summed E-state index contributed by atoms with van der Waals surface area (Å²) in [5, 5.41) is 31.7. The second-order valence-electron chi connectivity index (χ2n) is 7.17. The molecule has 26 heavy (non-hydrogen) atoms. The SMILES string of the molecule is CCCN1Cc2ccccc2[C@H]2c3cc(O)c(O)c([N+](=O)[O-])c3CC[C@@H]21. The van der Waals surface area contributed by atoms with Gasteiger partial charge < -0.3 is 10.2 Å². The lowest BCUT2D eigenvalue weighted by Crippen LogP contribution is -2.46. The van der Waals surface area contributed by atoms with Crippen molar-refractivity contribution in [3.05, 3.63) is 62.7 Å². The smallest absolute Gasteiger partial charge is 0.318 e. The minimum Gasteiger partial charge on any atom is -0.504 e. The number of benzene rings is 2. The van der Waals surface area contributed by atoms with E-state index in [2.05, 4.69) is 24.0 Å². The summed E-state index contributed by atoms with van der Waals surface area (Å²) >= 11 is 0. The summed E-state index contributed by atoms with van der Waals surface area (Å²) in [7, 11) is 0. The highest BCUT2D eigenvalue weighted by Gasteiger charge is 2.42. The van der Waals surface area contributed by atoms with Crippen molar-refractivity contribution in [2.24, 2.45) is 0 Å². The highest BCUT2D eigenvalue weighted by molar-refractivity contribution is 5.65. The topological polar surface area (TPSA) is 86.8 Å². The van der Waals surface area contributed by atoms with E-state index < -0.39 is 16.4 Å². The first-order valence-corrected chi connectivity index (χ1v) is 9.06. The Hall–Kier alpha value is -2.60. The Morgan fingerprint density at radius 1 is 1.27 bits per heavy atom. The number of nitrogens with zero attached hydrogens (tertiary/aromatic N) is 2. The molecule has 136 valence electrons. The molecule has 2 aromatic carbocycles. The van der Waals surface area contributed by atoms with E-state index in [0.29, 0.717) is 12.0 Å². The molecule has 0 bridgehead atoms. The van der Waals surface area contributed by atoms with Crippen LogP contribution in [0.2, 0.25) is 0 Å². The van der Waals surface area contributed by atoms with Gasteiger partial charge >= 0.3 is 5.69 Å². The van der Waals surface area contributed by atoms with Crippen molar-refractivity contribution in [3.63, 3.8) is 0 Å². The normalized spacial score (nSPS) is 21.6. The minimum atomic E-state index is -0.623. The number of aromatic hydroxyl groups is 2. The predicted molar refractivity (Wildman–Crippen MR) is 97.5 cm³/mol. The molecule has 2 aliphatic rings. The molecule has 4 rings (SSSR count). The number of hydrogen-bond donors (Lipinski definition) is 2. The van der Waals surface area contributed by atoms with Gasteiger partial charge in [-0.2, -0.15) is 0 Å². The maximum Gasteiger partial charge on any atom is 0.318 e. The summed E-state index contributed by atoms with van der Waals surface area (Å²) in [6, 6.07) is 9.98. The highest BCUT2D eigenvalue weighted by Crippen LogP contribution is 2.50. The van der Waals surface area contributed by atoms with E-state index in [1.807, 2.05) is 12.1 Å². The first-order valence-electron chi connectivity index (χ1n) is 9.06. The lowest BCUT2D eigenvalue weighted by Gasteiger charge is -2.45. The predicted octanol–water partition coefficient (Wildman–Crippen LogP) is 3.68. The van der Waals surface area contributed by atoms with Crippen LogP contribution in [-0.4, -0.2) is 32.6 Å². The Morgan fingerprint density at radius 2 is 2.04 bits per heavy atom. The molecule has 6 heteroatoms. The van der Waals surface area contributed by atoms with E-state index in [1.165, 1.54) is 17.2 Å². The van der Waals surface area contributed by atoms with Crippen LogP contribution in [-0.2, 0) is 13.0 Å². The van der Waals surface area contributed by atoms with Crippen LogP contribution < -0.4 is 0 Å². The Bertz CT molecular complexity index is 880. The molecule has 0 aromatic heterocycles. The van der Waals surface area contributed by atoms with Crippen LogP contribution in [0.25, 0.3) is 0 Å². The second-order valence-corrected chi connectivity index (χ2v) is 7.17. The Kier molecular flexibility index (Phi) is 4.07. The monoisotopic (exact) mass is 354 g/mol. The molecule has 2 aromatic rings. The van der Waals surface area contributed by atoms with Crippen LogP contribution in [0.1, 0.15) is 47.9 Å². The number of nitro groups is 1. The van der Waals surface area contributed by atoms with Crippen molar-refractivity contribution in [3.8, 4) is 11.5 Å². The van der Waals surface area contributed by atoms with E-state index in [0.717, 1.165) is 31.5 Å². The first kappa shape index (κ1) is 16.8. The van der Waals surface area contributed by atoms with Crippen molar-refractivity contribution in [2.45, 2.75) is 44.7 Å². The average Bonchev–Trinajstić information content (AvgIpc) is 2.62. The van der Waals surface area contributed by atoms with Gasteiger partial charge in [-0.3, -0.25) is 15.0 Å². The molecule has 1 aliphatic carbocycles. The summed E-state index contributed by atoms with van der Waals surface area (Å²) in [6.45, 7) is 4.00. The molecule has 1 heterocycles. The Balaban J connectivity index is 1.94. The molecular formula is C20H22N2O4. The van der Waals surface area contributed by atoms with Gasteiger partial charge in [0.25, 0.3) is 0 Å². The summed E-state index contributed by atoms with van der Waals surface area (Å²) < 4.78 is 0. The van der Waals surface area contributed by atoms with Crippen LogP contribution in [0.4, 0.5) is 5.69 Å². The number of phenols is 2. The Morgan fingerprint density at radius 3 is 2.77 bits per heavy atom. The molecule has 2 N–H and O–H groups in total. The fourth-order valence-corrected chi connectivity index (χ4v) is 4.72. The zero-order valence-electron chi connectivity index (χ0n) is 14.7. The second kappa shape index (κ2) is 6.29.